The number of carbonyl (C=O) groups excluding carboxylic acids is 2. The Balaban J connectivity index is 1.50. The van der Waals surface area contributed by atoms with Crippen LogP contribution in [0.25, 0.3) is 33.3 Å². The van der Waals surface area contributed by atoms with E-state index in [1.54, 1.807) is 36.2 Å². The van der Waals surface area contributed by atoms with E-state index in [0.717, 1.165) is 52.0 Å². The number of para-hydroxylation sites is 1. The van der Waals surface area contributed by atoms with Crippen molar-refractivity contribution in [2.75, 3.05) is 73.0 Å². The molecule has 3 heterocycles. The summed E-state index contributed by atoms with van der Waals surface area (Å²) >= 11 is 0. The normalized spacial score (nSPS) is 13.4. The van der Waals surface area contributed by atoms with Gasteiger partial charge in [-0.2, -0.15) is 0 Å². The Morgan fingerprint density at radius 3 is 2.57 bits per heavy atom. The lowest BCUT2D eigenvalue weighted by Gasteiger charge is -2.27. The number of urea groups is 1. The standard InChI is InChI=1S/C32H38N6O4/c1-36(2)12-7-13-37(3)31(39)26-18-22(10-11-28(26)35-32(40)38-14-16-42-17-15-38)23-19-25-27(21-34-30(25)33-20-23)24-8-5-6-9-29(24)41-4/h5-6,8-11,18-21H,7,12-17H2,1-4H3,(H,33,34)(H,35,40). The smallest absolute Gasteiger partial charge is 0.322 e. The molecule has 0 bridgehead atoms. The first-order chi connectivity index (χ1) is 20.4. The van der Waals surface area contributed by atoms with Crippen molar-refractivity contribution in [1.29, 1.82) is 0 Å². The number of pyridine rings is 1. The molecule has 0 aliphatic carbocycles. The Bertz CT molecular complexity index is 1560. The van der Waals surface area contributed by atoms with Crippen LogP contribution in [0.5, 0.6) is 5.75 Å². The minimum absolute atomic E-state index is 0.154. The van der Waals surface area contributed by atoms with Crippen LogP contribution in [0.2, 0.25) is 0 Å². The molecule has 1 aliphatic rings. The summed E-state index contributed by atoms with van der Waals surface area (Å²) in [7, 11) is 7.48. The summed E-state index contributed by atoms with van der Waals surface area (Å²) in [6.07, 6.45) is 4.56. The molecule has 2 aromatic heterocycles. The minimum atomic E-state index is -0.243. The molecule has 0 radical (unpaired) electrons. The van der Waals surface area contributed by atoms with Crippen molar-refractivity contribution < 1.29 is 19.1 Å². The zero-order chi connectivity index (χ0) is 29.6. The Labute approximate surface area is 246 Å². The lowest BCUT2D eigenvalue weighted by Crippen LogP contribution is -2.43. The average molecular weight is 571 g/mol. The third kappa shape index (κ3) is 6.40. The second-order valence-electron chi connectivity index (χ2n) is 10.7. The maximum atomic E-state index is 13.8. The predicted molar refractivity (Wildman–Crippen MR) is 165 cm³/mol. The molecule has 10 nitrogen and oxygen atoms in total. The molecule has 3 amide bonds. The van der Waals surface area contributed by atoms with E-state index in [1.807, 2.05) is 56.7 Å². The highest BCUT2D eigenvalue weighted by atomic mass is 16.5. The number of benzene rings is 2. The number of aromatic nitrogens is 2. The molecule has 0 unspecified atom stereocenters. The lowest BCUT2D eigenvalue weighted by molar-refractivity contribution is 0.0564. The van der Waals surface area contributed by atoms with Gasteiger partial charge in [0.05, 0.1) is 31.6 Å². The summed E-state index contributed by atoms with van der Waals surface area (Å²) in [4.78, 5) is 40.3. The first kappa shape index (κ1) is 29.1. The van der Waals surface area contributed by atoms with Crippen molar-refractivity contribution in [3.63, 3.8) is 0 Å². The van der Waals surface area contributed by atoms with Crippen molar-refractivity contribution in [2.45, 2.75) is 6.42 Å². The van der Waals surface area contributed by atoms with E-state index in [-0.39, 0.29) is 11.9 Å². The number of hydrogen-bond donors (Lipinski definition) is 2. The number of fused-ring (bicyclic) bond motifs is 1. The van der Waals surface area contributed by atoms with Gasteiger partial charge < -0.3 is 34.5 Å². The predicted octanol–water partition coefficient (Wildman–Crippen LogP) is 4.79. The number of aromatic amines is 1. The van der Waals surface area contributed by atoms with Crippen LogP contribution in [0.4, 0.5) is 10.5 Å². The second-order valence-corrected chi connectivity index (χ2v) is 10.7. The molecule has 0 saturated carbocycles. The van der Waals surface area contributed by atoms with Crippen molar-refractivity contribution in [3.8, 4) is 28.0 Å². The molecule has 220 valence electrons. The van der Waals surface area contributed by atoms with E-state index in [1.165, 1.54) is 0 Å². The van der Waals surface area contributed by atoms with Crippen molar-refractivity contribution >= 4 is 28.7 Å². The van der Waals surface area contributed by atoms with E-state index in [2.05, 4.69) is 26.3 Å². The van der Waals surface area contributed by atoms with E-state index in [9.17, 15) is 9.59 Å². The molecule has 2 N–H and O–H groups in total. The maximum Gasteiger partial charge on any atom is 0.322 e. The van der Waals surface area contributed by atoms with Gasteiger partial charge in [0.1, 0.15) is 11.4 Å². The zero-order valence-corrected chi connectivity index (χ0v) is 24.6. The van der Waals surface area contributed by atoms with Crippen LogP contribution in [0, 0.1) is 0 Å². The number of hydrogen-bond acceptors (Lipinski definition) is 6. The van der Waals surface area contributed by atoms with E-state index < -0.39 is 0 Å². The van der Waals surface area contributed by atoms with Crippen LogP contribution < -0.4 is 10.1 Å². The average Bonchev–Trinajstić information content (AvgIpc) is 3.44. The number of nitrogens with zero attached hydrogens (tertiary/aromatic N) is 4. The van der Waals surface area contributed by atoms with Gasteiger partial charge >= 0.3 is 6.03 Å². The summed E-state index contributed by atoms with van der Waals surface area (Å²) in [6.45, 7) is 3.48. The van der Waals surface area contributed by atoms with Crippen LogP contribution >= 0.6 is 0 Å². The number of rotatable bonds is 9. The molecular weight excluding hydrogens is 532 g/mol. The Hall–Kier alpha value is -4.41. The van der Waals surface area contributed by atoms with Gasteiger partial charge in [-0.3, -0.25) is 4.79 Å². The van der Waals surface area contributed by atoms with Crippen molar-refractivity contribution in [1.82, 2.24) is 24.7 Å². The van der Waals surface area contributed by atoms with E-state index in [0.29, 0.717) is 44.1 Å². The summed E-state index contributed by atoms with van der Waals surface area (Å²) in [5.74, 6) is 0.618. The van der Waals surface area contributed by atoms with Crippen LogP contribution in [0.3, 0.4) is 0 Å². The van der Waals surface area contributed by atoms with Gasteiger partial charge in [-0.25, -0.2) is 9.78 Å². The number of methoxy groups -OCH3 is 1. The molecule has 1 aliphatic heterocycles. The molecule has 2 aromatic carbocycles. The van der Waals surface area contributed by atoms with Crippen LogP contribution in [-0.2, 0) is 4.74 Å². The van der Waals surface area contributed by atoms with Gasteiger partial charge in [0, 0.05) is 61.2 Å². The fourth-order valence-electron chi connectivity index (χ4n) is 5.15. The Morgan fingerprint density at radius 1 is 1.02 bits per heavy atom. The highest BCUT2D eigenvalue weighted by Gasteiger charge is 2.22. The van der Waals surface area contributed by atoms with Gasteiger partial charge in [0.2, 0.25) is 0 Å². The maximum absolute atomic E-state index is 13.8. The largest absolute Gasteiger partial charge is 0.496 e. The van der Waals surface area contributed by atoms with Gasteiger partial charge in [-0.15, -0.1) is 0 Å². The molecule has 1 fully saturated rings. The molecule has 0 spiro atoms. The third-order valence-electron chi connectivity index (χ3n) is 7.50. The minimum Gasteiger partial charge on any atom is -0.496 e. The molecule has 5 rings (SSSR count). The van der Waals surface area contributed by atoms with E-state index >= 15 is 0 Å². The number of amides is 3. The number of anilines is 1. The van der Waals surface area contributed by atoms with Crippen LogP contribution in [0.15, 0.2) is 60.9 Å². The van der Waals surface area contributed by atoms with Crippen molar-refractivity contribution in [3.05, 3.63) is 66.5 Å². The number of nitrogens with one attached hydrogen (secondary N) is 2. The molecule has 0 atom stereocenters. The quantitative estimate of drug-likeness (QED) is 0.300. The Morgan fingerprint density at radius 2 is 1.81 bits per heavy atom. The second kappa shape index (κ2) is 13.1. The number of morpholine rings is 1. The first-order valence-electron chi connectivity index (χ1n) is 14.1. The summed E-state index contributed by atoms with van der Waals surface area (Å²) < 4.78 is 11.0. The van der Waals surface area contributed by atoms with Crippen LogP contribution in [-0.4, -0.2) is 104 Å². The van der Waals surface area contributed by atoms with Gasteiger partial charge in [-0.1, -0.05) is 24.3 Å². The highest BCUT2D eigenvalue weighted by molar-refractivity contribution is 6.05. The Kier molecular flexibility index (Phi) is 9.04. The van der Waals surface area contributed by atoms with Crippen LogP contribution in [0.1, 0.15) is 16.8 Å². The van der Waals surface area contributed by atoms with Gasteiger partial charge in [0.25, 0.3) is 5.91 Å². The molecule has 42 heavy (non-hydrogen) atoms. The topological polar surface area (TPSA) is 103 Å². The highest BCUT2D eigenvalue weighted by Crippen LogP contribution is 2.36. The first-order valence-corrected chi connectivity index (χ1v) is 14.1. The fraction of sp³-hybridized carbons (Fsp3) is 0.344. The summed E-state index contributed by atoms with van der Waals surface area (Å²) in [5, 5.41) is 3.92. The number of ether oxygens (including phenoxy) is 2. The van der Waals surface area contributed by atoms with Gasteiger partial charge in [0.15, 0.2) is 0 Å². The molecule has 4 aromatic rings. The summed E-state index contributed by atoms with van der Waals surface area (Å²) in [5.41, 5.74) is 5.28. The molecular formula is C32H38N6O4. The number of H-pyrrole nitrogens is 1. The zero-order valence-electron chi connectivity index (χ0n) is 24.6. The van der Waals surface area contributed by atoms with Gasteiger partial charge in [-0.05, 0) is 56.9 Å². The third-order valence-corrected chi connectivity index (χ3v) is 7.50. The summed E-state index contributed by atoms with van der Waals surface area (Å²) in [6, 6.07) is 15.3. The van der Waals surface area contributed by atoms with E-state index in [4.69, 9.17) is 9.47 Å². The monoisotopic (exact) mass is 570 g/mol. The fourth-order valence-corrected chi connectivity index (χ4v) is 5.15. The number of carbonyl (C=O) groups is 2. The van der Waals surface area contributed by atoms with Crippen molar-refractivity contribution in [2.24, 2.45) is 0 Å². The lowest BCUT2D eigenvalue weighted by atomic mass is 9.99. The molecule has 10 heteroatoms. The SMILES string of the molecule is COc1ccccc1-c1c[nH]c2ncc(-c3ccc(NC(=O)N4CCOCC4)c(C(=O)N(C)CCCN(C)C)c3)cc12. The molecule has 1 saturated heterocycles.